The van der Waals surface area contributed by atoms with Crippen molar-refractivity contribution in [2.24, 2.45) is 0 Å². The lowest BCUT2D eigenvalue weighted by Crippen LogP contribution is -1.98. The average Bonchev–Trinajstić information content (AvgIpc) is 3.72. The summed E-state index contributed by atoms with van der Waals surface area (Å²) in [5.74, 6) is 0. The van der Waals surface area contributed by atoms with Gasteiger partial charge in [-0.2, -0.15) is 10.5 Å². The zero-order valence-electron chi connectivity index (χ0n) is 22.7. The van der Waals surface area contributed by atoms with Gasteiger partial charge < -0.3 is 9.13 Å². The molecule has 0 bridgehead atoms. The topological polar surface area (TPSA) is 57.4 Å². The molecular formula is C38H20N4S. The van der Waals surface area contributed by atoms with Crippen molar-refractivity contribution in [2.45, 2.75) is 0 Å². The first-order chi connectivity index (χ1) is 21.2. The number of nitrogens with zero attached hydrogens (tertiary/aromatic N) is 4. The monoisotopic (exact) mass is 564 g/mol. The summed E-state index contributed by atoms with van der Waals surface area (Å²) in [4.78, 5) is 0. The second kappa shape index (κ2) is 8.81. The fourth-order valence-electron chi connectivity index (χ4n) is 6.71. The minimum atomic E-state index is 0.597. The predicted molar refractivity (Wildman–Crippen MR) is 177 cm³/mol. The molecule has 198 valence electrons. The highest BCUT2D eigenvalue weighted by molar-refractivity contribution is 7.26. The molecular weight excluding hydrogens is 545 g/mol. The number of nitriles is 2. The van der Waals surface area contributed by atoms with Gasteiger partial charge in [0.25, 0.3) is 0 Å². The molecule has 3 heterocycles. The minimum Gasteiger partial charge on any atom is -0.309 e. The smallest absolute Gasteiger partial charge is 0.0991 e. The van der Waals surface area contributed by atoms with E-state index in [2.05, 4.69) is 106 Å². The van der Waals surface area contributed by atoms with Crippen LogP contribution in [0.4, 0.5) is 0 Å². The van der Waals surface area contributed by atoms with Gasteiger partial charge in [0.1, 0.15) is 0 Å². The van der Waals surface area contributed by atoms with Crippen LogP contribution >= 0.6 is 11.3 Å². The van der Waals surface area contributed by atoms with E-state index in [9.17, 15) is 10.5 Å². The molecule has 0 amide bonds. The molecule has 5 heteroatoms. The highest BCUT2D eigenvalue weighted by Crippen LogP contribution is 2.43. The normalized spacial score (nSPS) is 11.7. The van der Waals surface area contributed by atoms with Crippen LogP contribution < -0.4 is 0 Å². The lowest BCUT2D eigenvalue weighted by molar-refractivity contribution is 1.14. The van der Waals surface area contributed by atoms with Crippen molar-refractivity contribution in [3.8, 4) is 23.5 Å². The van der Waals surface area contributed by atoms with Crippen molar-refractivity contribution >= 4 is 75.1 Å². The van der Waals surface area contributed by atoms with Crippen molar-refractivity contribution in [3.63, 3.8) is 0 Å². The molecule has 0 saturated carbocycles. The van der Waals surface area contributed by atoms with Crippen LogP contribution in [0.5, 0.6) is 0 Å². The second-order valence-corrected chi connectivity index (χ2v) is 11.9. The van der Waals surface area contributed by atoms with E-state index in [0.29, 0.717) is 11.1 Å². The van der Waals surface area contributed by atoms with Crippen LogP contribution in [-0.4, -0.2) is 9.13 Å². The Bertz CT molecular complexity index is 2630. The third kappa shape index (κ3) is 3.29. The van der Waals surface area contributed by atoms with Gasteiger partial charge in [0.2, 0.25) is 0 Å². The Hall–Kier alpha value is -5.88. The van der Waals surface area contributed by atoms with Crippen LogP contribution in [0.25, 0.3) is 75.2 Å². The lowest BCUT2D eigenvalue weighted by Gasteiger charge is -2.13. The van der Waals surface area contributed by atoms with Gasteiger partial charge in [0, 0.05) is 48.4 Å². The number of benzene rings is 6. The Kier molecular flexibility index (Phi) is 4.87. The Morgan fingerprint density at radius 1 is 0.465 bits per heavy atom. The van der Waals surface area contributed by atoms with Gasteiger partial charge in [-0.05, 0) is 66.7 Å². The van der Waals surface area contributed by atoms with Crippen molar-refractivity contribution in [3.05, 3.63) is 132 Å². The number of fused-ring (bicyclic) bond motifs is 10. The Balaban J connectivity index is 1.38. The van der Waals surface area contributed by atoms with E-state index in [0.717, 1.165) is 33.2 Å². The number of hydrogen-bond donors (Lipinski definition) is 0. The SMILES string of the molecule is N#Cc1ccc2c(c1)c1cc(C#N)ccc1n2-c1cccc(-n2c3ccccc3c3ccc4c5ccccc5sc4c32)c1. The molecule has 0 saturated heterocycles. The molecule has 0 atom stereocenters. The largest absolute Gasteiger partial charge is 0.309 e. The summed E-state index contributed by atoms with van der Waals surface area (Å²) in [7, 11) is 0. The Morgan fingerprint density at radius 2 is 1.07 bits per heavy atom. The van der Waals surface area contributed by atoms with Gasteiger partial charge in [0.05, 0.1) is 50.0 Å². The van der Waals surface area contributed by atoms with Crippen molar-refractivity contribution < 1.29 is 0 Å². The quantitative estimate of drug-likeness (QED) is 0.210. The van der Waals surface area contributed by atoms with Crippen LogP contribution in [0, 0.1) is 22.7 Å². The van der Waals surface area contributed by atoms with Gasteiger partial charge in [-0.25, -0.2) is 0 Å². The summed E-state index contributed by atoms with van der Waals surface area (Å²) in [6, 6.07) is 46.6. The van der Waals surface area contributed by atoms with Gasteiger partial charge in [-0.1, -0.05) is 54.6 Å². The fraction of sp³-hybridized carbons (Fsp3) is 0. The first-order valence-electron chi connectivity index (χ1n) is 14.1. The molecule has 0 fully saturated rings. The number of aromatic nitrogens is 2. The number of para-hydroxylation sites is 1. The zero-order valence-corrected chi connectivity index (χ0v) is 23.6. The number of rotatable bonds is 2. The van der Waals surface area contributed by atoms with Gasteiger partial charge in [-0.15, -0.1) is 11.3 Å². The molecule has 0 aliphatic rings. The maximum Gasteiger partial charge on any atom is 0.0991 e. The first-order valence-corrected chi connectivity index (χ1v) is 14.9. The Labute approximate surface area is 250 Å². The summed E-state index contributed by atoms with van der Waals surface area (Å²) in [6.07, 6.45) is 0. The van der Waals surface area contributed by atoms with E-state index in [-0.39, 0.29) is 0 Å². The molecule has 43 heavy (non-hydrogen) atoms. The lowest BCUT2D eigenvalue weighted by atomic mass is 10.1. The standard InChI is InChI=1S/C38H20N4S/c39-21-23-12-16-34-31(18-23)32-19-24(22-40)13-17-35(32)41(34)25-6-5-7-26(20-25)42-33-10-3-1-8-27(33)29-14-15-30-28-9-2-4-11-36(28)43-38(30)37(29)42/h1-20H. The van der Waals surface area contributed by atoms with Gasteiger partial charge in [-0.3, -0.25) is 0 Å². The average molecular weight is 565 g/mol. The molecule has 0 radical (unpaired) electrons. The maximum absolute atomic E-state index is 9.62. The number of hydrogen-bond acceptors (Lipinski definition) is 3. The molecule has 0 unspecified atom stereocenters. The molecule has 9 aromatic rings. The van der Waals surface area contributed by atoms with E-state index in [4.69, 9.17) is 0 Å². The second-order valence-electron chi connectivity index (χ2n) is 10.8. The third-order valence-corrected chi connectivity index (χ3v) is 9.74. The van der Waals surface area contributed by atoms with Crippen molar-refractivity contribution in [1.29, 1.82) is 10.5 Å². The summed E-state index contributed by atoms with van der Waals surface area (Å²) < 4.78 is 7.21. The van der Waals surface area contributed by atoms with Crippen LogP contribution in [0.1, 0.15) is 11.1 Å². The minimum absolute atomic E-state index is 0.597. The molecule has 6 aromatic carbocycles. The van der Waals surface area contributed by atoms with Crippen LogP contribution in [0.3, 0.4) is 0 Å². The van der Waals surface area contributed by atoms with E-state index in [1.54, 1.807) is 0 Å². The molecule has 9 rings (SSSR count). The zero-order chi connectivity index (χ0) is 28.7. The molecule has 4 nitrogen and oxygen atoms in total. The first kappa shape index (κ1) is 23.8. The fourth-order valence-corrected chi connectivity index (χ4v) is 7.95. The van der Waals surface area contributed by atoms with Crippen LogP contribution in [0.15, 0.2) is 121 Å². The summed E-state index contributed by atoms with van der Waals surface area (Å²) in [5, 5.41) is 26.2. The Morgan fingerprint density at radius 3 is 1.79 bits per heavy atom. The summed E-state index contributed by atoms with van der Waals surface area (Å²) in [5.41, 5.74) is 7.66. The van der Waals surface area contributed by atoms with E-state index in [1.165, 1.54) is 42.0 Å². The molecule has 0 aliphatic heterocycles. The summed E-state index contributed by atoms with van der Waals surface area (Å²) in [6.45, 7) is 0. The molecule has 0 N–H and O–H groups in total. The molecule has 0 spiro atoms. The molecule has 3 aromatic heterocycles. The van der Waals surface area contributed by atoms with Crippen LogP contribution in [-0.2, 0) is 0 Å². The summed E-state index contributed by atoms with van der Waals surface area (Å²) >= 11 is 1.85. The van der Waals surface area contributed by atoms with E-state index >= 15 is 0 Å². The van der Waals surface area contributed by atoms with Crippen molar-refractivity contribution in [1.82, 2.24) is 9.13 Å². The van der Waals surface area contributed by atoms with Gasteiger partial charge >= 0.3 is 0 Å². The van der Waals surface area contributed by atoms with Crippen molar-refractivity contribution in [2.75, 3.05) is 0 Å². The highest BCUT2D eigenvalue weighted by Gasteiger charge is 2.19. The number of thiophene rings is 1. The van der Waals surface area contributed by atoms with Gasteiger partial charge in [0.15, 0.2) is 0 Å². The highest BCUT2D eigenvalue weighted by atomic mass is 32.1. The third-order valence-electron chi connectivity index (χ3n) is 8.55. The maximum atomic E-state index is 9.62. The molecule has 0 aliphatic carbocycles. The predicted octanol–water partition coefficient (Wildman–Crippen LogP) is 9.99. The van der Waals surface area contributed by atoms with Crippen LogP contribution in [0.2, 0.25) is 0 Å². The van der Waals surface area contributed by atoms with E-state index in [1.807, 2.05) is 47.7 Å². The van der Waals surface area contributed by atoms with E-state index < -0.39 is 0 Å².